The lowest BCUT2D eigenvalue weighted by atomic mass is 10.1. The maximum absolute atomic E-state index is 6.28. The molecule has 0 aliphatic carbocycles. The Balaban J connectivity index is 2.32. The van der Waals surface area contributed by atoms with E-state index in [1.54, 1.807) is 12.1 Å². The van der Waals surface area contributed by atoms with Crippen molar-refractivity contribution in [2.45, 2.75) is 25.9 Å². The number of likely N-dealkylation sites (N-methyl/N-ethyl adjacent to an activating group) is 1. The van der Waals surface area contributed by atoms with Crippen LogP contribution in [0.3, 0.4) is 0 Å². The Morgan fingerprint density at radius 1 is 1.11 bits per heavy atom. The van der Waals surface area contributed by atoms with Crippen molar-refractivity contribution in [1.29, 1.82) is 0 Å². The Morgan fingerprint density at radius 3 is 2.00 bits per heavy atom. The molecule has 1 aliphatic heterocycles. The lowest BCUT2D eigenvalue weighted by Crippen LogP contribution is -2.55. The fourth-order valence-corrected chi connectivity index (χ4v) is 3.22. The van der Waals surface area contributed by atoms with Crippen LogP contribution in [-0.4, -0.2) is 37.1 Å². The molecule has 0 radical (unpaired) electrons. The molecule has 1 heterocycles. The van der Waals surface area contributed by atoms with Crippen molar-refractivity contribution in [3.63, 3.8) is 0 Å². The molecule has 2 rings (SSSR count). The molecule has 100 valence electrons. The summed E-state index contributed by atoms with van der Waals surface area (Å²) in [5.41, 5.74) is 7.24. The molecule has 0 amide bonds. The Labute approximate surface area is 118 Å². The van der Waals surface area contributed by atoms with Gasteiger partial charge in [-0.3, -0.25) is 4.90 Å². The van der Waals surface area contributed by atoms with Crippen molar-refractivity contribution < 1.29 is 0 Å². The maximum atomic E-state index is 6.28. The van der Waals surface area contributed by atoms with Crippen molar-refractivity contribution in [1.82, 2.24) is 4.90 Å². The lowest BCUT2D eigenvalue weighted by molar-refractivity contribution is 0.170. The van der Waals surface area contributed by atoms with Crippen LogP contribution >= 0.6 is 23.2 Å². The van der Waals surface area contributed by atoms with Gasteiger partial charge in [-0.15, -0.1) is 0 Å². The van der Waals surface area contributed by atoms with E-state index in [9.17, 15) is 0 Å². The molecular formula is C13H19Cl2N3. The maximum Gasteiger partial charge on any atom is 0.0747 e. The summed E-state index contributed by atoms with van der Waals surface area (Å²) in [6.45, 7) is 6.26. The van der Waals surface area contributed by atoms with E-state index in [1.807, 2.05) is 0 Å². The van der Waals surface area contributed by atoms with Gasteiger partial charge >= 0.3 is 0 Å². The largest absolute Gasteiger partial charge is 0.399 e. The van der Waals surface area contributed by atoms with Gasteiger partial charge in [0.2, 0.25) is 0 Å². The van der Waals surface area contributed by atoms with E-state index in [0.29, 0.717) is 27.8 Å². The zero-order chi connectivity index (χ0) is 13.4. The molecular weight excluding hydrogens is 269 g/mol. The number of hydrogen-bond acceptors (Lipinski definition) is 3. The first-order chi connectivity index (χ1) is 8.40. The number of benzene rings is 1. The number of nitrogens with zero attached hydrogens (tertiary/aromatic N) is 2. The molecule has 2 N–H and O–H groups in total. The number of piperazine rings is 1. The van der Waals surface area contributed by atoms with Crippen LogP contribution in [0.25, 0.3) is 0 Å². The van der Waals surface area contributed by atoms with E-state index in [4.69, 9.17) is 28.9 Å². The van der Waals surface area contributed by atoms with E-state index in [-0.39, 0.29) is 0 Å². The zero-order valence-electron chi connectivity index (χ0n) is 11.0. The first-order valence-corrected chi connectivity index (χ1v) is 6.87. The topological polar surface area (TPSA) is 32.5 Å². The smallest absolute Gasteiger partial charge is 0.0747 e. The third-order valence-corrected chi connectivity index (χ3v) is 4.29. The molecule has 1 aliphatic rings. The number of halogens is 2. The van der Waals surface area contributed by atoms with Crippen molar-refractivity contribution in [2.75, 3.05) is 30.8 Å². The van der Waals surface area contributed by atoms with Crippen LogP contribution in [0, 0.1) is 0 Å². The van der Waals surface area contributed by atoms with Crippen molar-refractivity contribution in [2.24, 2.45) is 0 Å². The highest BCUT2D eigenvalue weighted by Crippen LogP contribution is 2.37. The minimum atomic E-state index is 0.471. The number of nitrogens with two attached hydrogens (primary N) is 1. The molecule has 1 saturated heterocycles. The molecule has 1 fully saturated rings. The highest BCUT2D eigenvalue weighted by molar-refractivity contribution is 6.39. The van der Waals surface area contributed by atoms with E-state index in [2.05, 4.69) is 30.7 Å². The van der Waals surface area contributed by atoms with Crippen LogP contribution in [0.2, 0.25) is 10.0 Å². The average molecular weight is 288 g/mol. The molecule has 0 saturated carbocycles. The third kappa shape index (κ3) is 2.53. The van der Waals surface area contributed by atoms with Crippen LogP contribution in [-0.2, 0) is 0 Å². The predicted octanol–water partition coefficient (Wildman–Crippen LogP) is 3.10. The minimum Gasteiger partial charge on any atom is -0.399 e. The van der Waals surface area contributed by atoms with Gasteiger partial charge in [0, 0.05) is 30.9 Å². The Hall–Kier alpha value is -0.640. The van der Waals surface area contributed by atoms with E-state index in [0.717, 1.165) is 18.8 Å². The fraction of sp³-hybridized carbons (Fsp3) is 0.538. The Kier molecular flexibility index (Phi) is 3.95. The predicted molar refractivity (Wildman–Crippen MR) is 79.8 cm³/mol. The summed E-state index contributed by atoms with van der Waals surface area (Å²) in [7, 11) is 2.15. The number of rotatable bonds is 1. The Bertz CT molecular complexity index is 415. The van der Waals surface area contributed by atoms with Crippen molar-refractivity contribution in [3.8, 4) is 0 Å². The van der Waals surface area contributed by atoms with E-state index in [1.165, 1.54) is 0 Å². The van der Waals surface area contributed by atoms with Gasteiger partial charge in [0.25, 0.3) is 0 Å². The molecule has 18 heavy (non-hydrogen) atoms. The number of anilines is 2. The Morgan fingerprint density at radius 2 is 1.56 bits per heavy atom. The summed E-state index contributed by atoms with van der Waals surface area (Å²) < 4.78 is 0. The van der Waals surface area contributed by atoms with Crippen LogP contribution in [0.5, 0.6) is 0 Å². The van der Waals surface area contributed by atoms with Crippen LogP contribution < -0.4 is 10.6 Å². The molecule has 0 aromatic heterocycles. The quantitative estimate of drug-likeness (QED) is 0.806. The van der Waals surface area contributed by atoms with Gasteiger partial charge in [-0.1, -0.05) is 23.2 Å². The van der Waals surface area contributed by atoms with Crippen molar-refractivity contribution in [3.05, 3.63) is 22.2 Å². The minimum absolute atomic E-state index is 0.471. The summed E-state index contributed by atoms with van der Waals surface area (Å²) >= 11 is 12.6. The second kappa shape index (κ2) is 5.16. The molecule has 0 bridgehead atoms. The third-order valence-electron chi connectivity index (χ3n) is 3.72. The lowest BCUT2D eigenvalue weighted by Gasteiger charge is -2.44. The average Bonchev–Trinajstić information content (AvgIpc) is 2.24. The molecule has 5 heteroatoms. The van der Waals surface area contributed by atoms with Gasteiger partial charge in [0.15, 0.2) is 0 Å². The molecule has 0 spiro atoms. The summed E-state index contributed by atoms with van der Waals surface area (Å²) in [6, 6.07) is 4.46. The first-order valence-electron chi connectivity index (χ1n) is 6.11. The second-order valence-electron chi connectivity index (χ2n) is 5.10. The molecule has 3 nitrogen and oxygen atoms in total. The second-order valence-corrected chi connectivity index (χ2v) is 5.92. The van der Waals surface area contributed by atoms with Gasteiger partial charge in [-0.2, -0.15) is 0 Å². The normalized spacial score (nSPS) is 25.5. The van der Waals surface area contributed by atoms with Gasteiger partial charge in [0.05, 0.1) is 15.7 Å². The van der Waals surface area contributed by atoms with Gasteiger partial charge in [0.1, 0.15) is 0 Å². The molecule has 1 aromatic rings. The standard InChI is InChI=1S/C13H19Cl2N3/c1-8-6-18(7-9(2)17(8)3)13-11(14)4-10(16)5-12(13)15/h4-5,8-9H,6-7,16H2,1-3H3/t8-,9+. The van der Waals surface area contributed by atoms with Crippen LogP contribution in [0.15, 0.2) is 12.1 Å². The summed E-state index contributed by atoms with van der Waals surface area (Å²) in [6.07, 6.45) is 0. The molecule has 0 unspecified atom stereocenters. The first kappa shape index (κ1) is 13.8. The zero-order valence-corrected chi connectivity index (χ0v) is 12.5. The number of hydrogen-bond donors (Lipinski definition) is 1. The molecule has 2 atom stereocenters. The van der Waals surface area contributed by atoms with E-state index < -0.39 is 0 Å². The summed E-state index contributed by atoms with van der Waals surface area (Å²) in [5, 5.41) is 1.26. The summed E-state index contributed by atoms with van der Waals surface area (Å²) in [4.78, 5) is 4.62. The highest BCUT2D eigenvalue weighted by atomic mass is 35.5. The molecule has 1 aromatic carbocycles. The summed E-state index contributed by atoms with van der Waals surface area (Å²) in [5.74, 6) is 0. The van der Waals surface area contributed by atoms with Crippen molar-refractivity contribution >= 4 is 34.6 Å². The highest BCUT2D eigenvalue weighted by Gasteiger charge is 2.28. The monoisotopic (exact) mass is 287 g/mol. The SMILES string of the molecule is C[C@@H]1CN(c2c(Cl)cc(N)cc2Cl)C[C@H](C)N1C. The van der Waals surface area contributed by atoms with Crippen LogP contribution in [0.4, 0.5) is 11.4 Å². The fourth-order valence-electron chi connectivity index (χ4n) is 2.47. The number of nitrogen functional groups attached to an aromatic ring is 1. The van der Waals surface area contributed by atoms with Gasteiger partial charge in [-0.05, 0) is 33.0 Å². The van der Waals surface area contributed by atoms with Gasteiger partial charge in [-0.25, -0.2) is 0 Å². The van der Waals surface area contributed by atoms with E-state index >= 15 is 0 Å². The van der Waals surface area contributed by atoms with Gasteiger partial charge < -0.3 is 10.6 Å². The van der Waals surface area contributed by atoms with Crippen LogP contribution in [0.1, 0.15) is 13.8 Å².